The summed E-state index contributed by atoms with van der Waals surface area (Å²) in [6, 6.07) is 8.41. The second-order valence-corrected chi connectivity index (χ2v) is 6.18. The third-order valence-corrected chi connectivity index (χ3v) is 4.60. The Labute approximate surface area is 142 Å². The lowest BCUT2D eigenvalue weighted by Gasteiger charge is -2.23. The number of hydrogen-bond acceptors (Lipinski definition) is 4. The number of carbonyl (C=O) groups excluding carboxylic acids is 1. The molecule has 1 aliphatic rings. The van der Waals surface area contributed by atoms with E-state index in [0.29, 0.717) is 19.6 Å². The van der Waals surface area contributed by atoms with Crippen LogP contribution in [0.25, 0.3) is 0 Å². The molecule has 1 N–H and O–H groups in total. The van der Waals surface area contributed by atoms with Crippen molar-refractivity contribution in [1.82, 2.24) is 20.1 Å². The van der Waals surface area contributed by atoms with E-state index in [4.69, 9.17) is 4.74 Å². The lowest BCUT2D eigenvalue weighted by Crippen LogP contribution is -2.35. The van der Waals surface area contributed by atoms with E-state index in [-0.39, 0.29) is 11.8 Å². The molecule has 0 saturated heterocycles. The van der Waals surface area contributed by atoms with Gasteiger partial charge in [0.2, 0.25) is 5.91 Å². The maximum Gasteiger partial charge on any atom is 0.223 e. The van der Waals surface area contributed by atoms with E-state index < -0.39 is 0 Å². The molecule has 0 spiro atoms. The first-order chi connectivity index (χ1) is 11.8. The molecule has 128 valence electrons. The summed E-state index contributed by atoms with van der Waals surface area (Å²) >= 11 is 0. The van der Waals surface area contributed by atoms with Gasteiger partial charge in [0.25, 0.3) is 0 Å². The molecule has 6 heteroatoms. The van der Waals surface area contributed by atoms with Crippen LogP contribution in [0.15, 0.2) is 30.6 Å². The summed E-state index contributed by atoms with van der Waals surface area (Å²) in [5.41, 5.74) is 2.69. The van der Waals surface area contributed by atoms with Crippen LogP contribution in [-0.2, 0) is 35.3 Å². The standard InChI is InChI=1S/C18H24N4O2/c1-24-11-10-22-13-20-21-17(22)8-9-19-18(23)16-7-6-14-4-2-3-5-15(14)12-16/h2-5,13,16H,6-12H2,1H3,(H,19,23)/t16-/m0/s1. The number of rotatable bonds is 7. The highest BCUT2D eigenvalue weighted by Crippen LogP contribution is 2.25. The Morgan fingerprint density at radius 3 is 3.04 bits per heavy atom. The molecule has 1 aromatic heterocycles. The molecule has 0 fully saturated rings. The van der Waals surface area contributed by atoms with Crippen LogP contribution in [0, 0.1) is 5.92 Å². The predicted molar refractivity (Wildman–Crippen MR) is 90.6 cm³/mol. The van der Waals surface area contributed by atoms with Crippen molar-refractivity contribution in [3.63, 3.8) is 0 Å². The first kappa shape index (κ1) is 16.6. The summed E-state index contributed by atoms with van der Waals surface area (Å²) in [5, 5.41) is 11.1. The number of hydrogen-bond donors (Lipinski definition) is 1. The highest BCUT2D eigenvalue weighted by Gasteiger charge is 2.24. The molecule has 0 aliphatic heterocycles. The monoisotopic (exact) mass is 328 g/mol. The minimum atomic E-state index is 0.0752. The lowest BCUT2D eigenvalue weighted by atomic mass is 9.83. The second-order valence-electron chi connectivity index (χ2n) is 6.18. The zero-order valence-corrected chi connectivity index (χ0v) is 14.1. The fraction of sp³-hybridized carbons (Fsp3) is 0.500. The number of ether oxygens (including phenoxy) is 1. The van der Waals surface area contributed by atoms with Crippen LogP contribution in [0.4, 0.5) is 0 Å². The summed E-state index contributed by atoms with van der Waals surface area (Å²) in [6.45, 7) is 1.94. The predicted octanol–water partition coefficient (Wildman–Crippen LogP) is 1.39. The van der Waals surface area contributed by atoms with Crippen molar-refractivity contribution in [3.8, 4) is 0 Å². The maximum absolute atomic E-state index is 12.4. The third kappa shape index (κ3) is 4.00. The fourth-order valence-corrected chi connectivity index (χ4v) is 3.21. The van der Waals surface area contributed by atoms with Gasteiger partial charge >= 0.3 is 0 Å². The number of nitrogens with one attached hydrogen (secondary N) is 1. The molecule has 0 bridgehead atoms. The maximum atomic E-state index is 12.4. The van der Waals surface area contributed by atoms with Gasteiger partial charge < -0.3 is 14.6 Å². The normalized spacial score (nSPS) is 16.6. The second kappa shape index (κ2) is 8.06. The molecular formula is C18H24N4O2. The Balaban J connectivity index is 1.47. The van der Waals surface area contributed by atoms with Gasteiger partial charge in [-0.3, -0.25) is 4.79 Å². The smallest absolute Gasteiger partial charge is 0.223 e. The Morgan fingerprint density at radius 1 is 1.38 bits per heavy atom. The van der Waals surface area contributed by atoms with E-state index in [1.165, 1.54) is 11.1 Å². The number of aromatic nitrogens is 3. The van der Waals surface area contributed by atoms with Gasteiger partial charge in [0.1, 0.15) is 12.2 Å². The molecule has 0 unspecified atom stereocenters. The van der Waals surface area contributed by atoms with Gasteiger partial charge in [-0.2, -0.15) is 0 Å². The average Bonchev–Trinajstić information content (AvgIpc) is 3.06. The summed E-state index contributed by atoms with van der Waals surface area (Å²) in [4.78, 5) is 12.4. The third-order valence-electron chi connectivity index (χ3n) is 4.60. The Kier molecular flexibility index (Phi) is 5.59. The summed E-state index contributed by atoms with van der Waals surface area (Å²) in [5.74, 6) is 1.10. The van der Waals surface area contributed by atoms with Crippen molar-refractivity contribution in [1.29, 1.82) is 0 Å². The molecular weight excluding hydrogens is 304 g/mol. The summed E-state index contributed by atoms with van der Waals surface area (Å²) < 4.78 is 7.04. The van der Waals surface area contributed by atoms with Crippen LogP contribution < -0.4 is 5.32 Å². The van der Waals surface area contributed by atoms with Crippen LogP contribution in [-0.4, -0.2) is 40.9 Å². The average molecular weight is 328 g/mol. The van der Waals surface area contributed by atoms with Gasteiger partial charge in [0.05, 0.1) is 6.61 Å². The van der Waals surface area contributed by atoms with Gasteiger partial charge in [0, 0.05) is 32.5 Å². The molecule has 1 heterocycles. The van der Waals surface area contributed by atoms with Gasteiger partial charge in [-0.1, -0.05) is 24.3 Å². The van der Waals surface area contributed by atoms with Crippen LogP contribution in [0.3, 0.4) is 0 Å². The van der Waals surface area contributed by atoms with E-state index >= 15 is 0 Å². The highest BCUT2D eigenvalue weighted by atomic mass is 16.5. The fourth-order valence-electron chi connectivity index (χ4n) is 3.21. The Hall–Kier alpha value is -2.21. The molecule has 24 heavy (non-hydrogen) atoms. The number of aryl methyl sites for hydroxylation is 1. The first-order valence-electron chi connectivity index (χ1n) is 8.48. The highest BCUT2D eigenvalue weighted by molar-refractivity contribution is 5.79. The molecule has 1 aliphatic carbocycles. The number of benzene rings is 1. The van der Waals surface area contributed by atoms with Crippen molar-refractivity contribution < 1.29 is 9.53 Å². The topological polar surface area (TPSA) is 69.0 Å². The van der Waals surface area contributed by atoms with Crippen molar-refractivity contribution in [2.75, 3.05) is 20.3 Å². The van der Waals surface area contributed by atoms with Crippen molar-refractivity contribution >= 4 is 5.91 Å². The number of amides is 1. The Bertz CT molecular complexity index is 683. The molecule has 1 amide bonds. The summed E-state index contributed by atoms with van der Waals surface area (Å²) in [6.07, 6.45) is 5.13. The number of fused-ring (bicyclic) bond motifs is 1. The molecule has 2 aromatic rings. The molecule has 1 atom stereocenters. The number of methoxy groups -OCH3 is 1. The largest absolute Gasteiger partial charge is 0.383 e. The van der Waals surface area contributed by atoms with E-state index in [1.54, 1.807) is 13.4 Å². The van der Waals surface area contributed by atoms with Crippen LogP contribution >= 0.6 is 0 Å². The van der Waals surface area contributed by atoms with Crippen molar-refractivity contribution in [2.45, 2.75) is 32.2 Å². The van der Waals surface area contributed by atoms with Gasteiger partial charge in [-0.05, 0) is 30.4 Å². The lowest BCUT2D eigenvalue weighted by molar-refractivity contribution is -0.125. The molecule has 1 aromatic carbocycles. The quantitative estimate of drug-likeness (QED) is 0.834. The van der Waals surface area contributed by atoms with Gasteiger partial charge in [-0.15, -0.1) is 10.2 Å². The van der Waals surface area contributed by atoms with E-state index in [9.17, 15) is 4.79 Å². The SMILES string of the molecule is COCCn1cnnc1CCNC(=O)[C@H]1CCc2ccccc2C1. The first-order valence-corrected chi connectivity index (χ1v) is 8.48. The van der Waals surface area contributed by atoms with Gasteiger partial charge in [-0.25, -0.2) is 0 Å². The zero-order chi connectivity index (χ0) is 16.8. The summed E-state index contributed by atoms with van der Waals surface area (Å²) in [7, 11) is 1.67. The van der Waals surface area contributed by atoms with Gasteiger partial charge in [0.15, 0.2) is 0 Å². The van der Waals surface area contributed by atoms with E-state index in [2.05, 4.69) is 33.7 Å². The molecule has 3 rings (SSSR count). The van der Waals surface area contributed by atoms with Crippen LogP contribution in [0.5, 0.6) is 0 Å². The number of carbonyl (C=O) groups is 1. The minimum absolute atomic E-state index is 0.0752. The van der Waals surface area contributed by atoms with E-state index in [1.807, 2.05) is 10.6 Å². The zero-order valence-electron chi connectivity index (χ0n) is 14.1. The minimum Gasteiger partial charge on any atom is -0.383 e. The molecule has 0 saturated carbocycles. The van der Waals surface area contributed by atoms with E-state index in [0.717, 1.165) is 31.6 Å². The van der Waals surface area contributed by atoms with Crippen LogP contribution in [0.2, 0.25) is 0 Å². The molecule has 6 nitrogen and oxygen atoms in total. The molecule has 0 radical (unpaired) electrons. The van der Waals surface area contributed by atoms with Crippen LogP contribution in [0.1, 0.15) is 23.4 Å². The van der Waals surface area contributed by atoms with Crippen molar-refractivity contribution in [2.24, 2.45) is 5.92 Å². The van der Waals surface area contributed by atoms with Crippen molar-refractivity contribution in [3.05, 3.63) is 47.5 Å². The Morgan fingerprint density at radius 2 is 2.21 bits per heavy atom. The number of nitrogens with zero attached hydrogens (tertiary/aromatic N) is 3.